The fourth-order valence-corrected chi connectivity index (χ4v) is 3.96. The standard InChI is InChI=1S/C20H25N3O4/c24-18(15-7-4-8-15)11-21-19(25)17-10-9-16-12-22(17)20(26)23(16)27-13-14-5-2-1-3-6-14/h1-3,5-6,15-17H,4,7-13H2,(H,21,25)/t16-,17+/m1/s1. The molecule has 27 heavy (non-hydrogen) atoms. The summed E-state index contributed by atoms with van der Waals surface area (Å²) in [7, 11) is 0. The van der Waals surface area contributed by atoms with Crippen LogP contribution in [0.2, 0.25) is 0 Å². The van der Waals surface area contributed by atoms with E-state index in [0.29, 0.717) is 26.0 Å². The van der Waals surface area contributed by atoms with Gasteiger partial charge in [-0.1, -0.05) is 36.8 Å². The average molecular weight is 371 g/mol. The third-order valence-electron chi connectivity index (χ3n) is 5.84. The van der Waals surface area contributed by atoms with E-state index in [1.807, 2.05) is 30.3 Å². The topological polar surface area (TPSA) is 79.0 Å². The molecule has 2 heterocycles. The fourth-order valence-electron chi connectivity index (χ4n) is 3.96. The first kappa shape index (κ1) is 18.0. The summed E-state index contributed by atoms with van der Waals surface area (Å²) in [5.74, 6) is -0.0282. The Labute approximate surface area is 158 Å². The predicted molar refractivity (Wildman–Crippen MR) is 97.3 cm³/mol. The number of ketones is 1. The molecule has 2 aliphatic heterocycles. The summed E-state index contributed by atoms with van der Waals surface area (Å²) >= 11 is 0. The Kier molecular flexibility index (Phi) is 5.11. The molecule has 3 aliphatic rings. The molecule has 2 atom stereocenters. The van der Waals surface area contributed by atoms with E-state index in [1.165, 1.54) is 5.06 Å². The Hall–Kier alpha value is -2.41. The molecule has 0 unspecified atom stereocenters. The highest BCUT2D eigenvalue weighted by Gasteiger charge is 2.47. The van der Waals surface area contributed by atoms with E-state index in [4.69, 9.17) is 4.84 Å². The Morgan fingerprint density at radius 1 is 1.11 bits per heavy atom. The molecule has 2 bridgehead atoms. The van der Waals surface area contributed by atoms with Crippen molar-refractivity contribution in [2.75, 3.05) is 13.1 Å². The van der Waals surface area contributed by atoms with E-state index in [-0.39, 0.29) is 36.2 Å². The molecule has 1 aliphatic carbocycles. The average Bonchev–Trinajstić information content (AvgIpc) is 2.88. The number of hydrogen-bond donors (Lipinski definition) is 1. The highest BCUT2D eigenvalue weighted by molar-refractivity contribution is 5.92. The lowest BCUT2D eigenvalue weighted by atomic mass is 9.82. The van der Waals surface area contributed by atoms with Crippen LogP contribution in [0.5, 0.6) is 0 Å². The highest BCUT2D eigenvalue weighted by atomic mass is 16.7. The van der Waals surface area contributed by atoms with Crippen LogP contribution in [0.25, 0.3) is 0 Å². The lowest BCUT2D eigenvalue weighted by molar-refractivity contribution is -0.140. The van der Waals surface area contributed by atoms with E-state index in [1.54, 1.807) is 4.90 Å². The van der Waals surface area contributed by atoms with Crippen LogP contribution in [-0.2, 0) is 21.0 Å². The van der Waals surface area contributed by atoms with Crippen molar-refractivity contribution in [3.8, 4) is 0 Å². The number of carbonyl (C=O) groups is 3. The van der Waals surface area contributed by atoms with Crippen molar-refractivity contribution in [3.05, 3.63) is 35.9 Å². The third kappa shape index (κ3) is 3.69. The van der Waals surface area contributed by atoms with Gasteiger partial charge in [-0.05, 0) is 31.2 Å². The quantitative estimate of drug-likeness (QED) is 0.794. The number of hydrogen-bond acceptors (Lipinski definition) is 4. The molecule has 0 spiro atoms. The first-order chi connectivity index (χ1) is 13.1. The van der Waals surface area contributed by atoms with Gasteiger partial charge in [0.1, 0.15) is 12.6 Å². The van der Waals surface area contributed by atoms with Gasteiger partial charge < -0.3 is 10.2 Å². The minimum absolute atomic E-state index is 0.0260. The summed E-state index contributed by atoms with van der Waals surface area (Å²) in [6.07, 6.45) is 4.25. The number of piperidine rings is 1. The molecule has 4 rings (SSSR count). The number of rotatable bonds is 7. The number of nitrogens with zero attached hydrogens (tertiary/aromatic N) is 2. The number of carbonyl (C=O) groups excluding carboxylic acids is 3. The summed E-state index contributed by atoms with van der Waals surface area (Å²) in [4.78, 5) is 44.5. The van der Waals surface area contributed by atoms with Crippen LogP contribution in [0.15, 0.2) is 30.3 Å². The maximum absolute atomic E-state index is 12.7. The van der Waals surface area contributed by atoms with E-state index in [2.05, 4.69) is 5.32 Å². The van der Waals surface area contributed by atoms with Crippen molar-refractivity contribution in [1.82, 2.24) is 15.3 Å². The summed E-state index contributed by atoms with van der Waals surface area (Å²) < 4.78 is 0. The number of urea groups is 1. The molecule has 2 saturated heterocycles. The van der Waals surface area contributed by atoms with Crippen molar-refractivity contribution < 1.29 is 19.2 Å². The number of nitrogens with one attached hydrogen (secondary N) is 1. The minimum Gasteiger partial charge on any atom is -0.347 e. The summed E-state index contributed by atoms with van der Waals surface area (Å²) in [6.45, 7) is 0.881. The number of fused-ring (bicyclic) bond motifs is 2. The Morgan fingerprint density at radius 3 is 2.59 bits per heavy atom. The Bertz CT molecular complexity index is 719. The fraction of sp³-hybridized carbons (Fsp3) is 0.550. The predicted octanol–water partition coefficient (Wildman–Crippen LogP) is 1.87. The molecule has 3 amide bonds. The van der Waals surface area contributed by atoms with E-state index in [0.717, 1.165) is 24.8 Å². The maximum atomic E-state index is 12.7. The zero-order chi connectivity index (χ0) is 18.8. The maximum Gasteiger partial charge on any atom is 0.345 e. The van der Waals surface area contributed by atoms with Gasteiger partial charge in [0.05, 0.1) is 12.6 Å². The highest BCUT2D eigenvalue weighted by Crippen LogP contribution is 2.31. The smallest absolute Gasteiger partial charge is 0.345 e. The van der Waals surface area contributed by atoms with Gasteiger partial charge in [0.2, 0.25) is 5.91 Å². The van der Waals surface area contributed by atoms with Gasteiger partial charge in [0.15, 0.2) is 5.78 Å². The Morgan fingerprint density at radius 2 is 1.89 bits per heavy atom. The first-order valence-electron chi connectivity index (χ1n) is 9.70. The molecule has 3 fully saturated rings. The monoisotopic (exact) mass is 371 g/mol. The van der Waals surface area contributed by atoms with Crippen LogP contribution in [0, 0.1) is 5.92 Å². The zero-order valence-electron chi connectivity index (χ0n) is 15.3. The molecule has 1 aromatic rings. The van der Waals surface area contributed by atoms with Crippen molar-refractivity contribution in [2.24, 2.45) is 5.92 Å². The van der Waals surface area contributed by atoms with Crippen molar-refractivity contribution in [2.45, 2.75) is 50.8 Å². The van der Waals surface area contributed by atoms with Gasteiger partial charge in [-0.15, -0.1) is 0 Å². The van der Waals surface area contributed by atoms with Gasteiger partial charge in [-0.2, -0.15) is 5.06 Å². The summed E-state index contributed by atoms with van der Waals surface area (Å²) in [5.41, 5.74) is 0.991. The molecule has 1 N–H and O–H groups in total. The van der Waals surface area contributed by atoms with Crippen LogP contribution in [-0.4, -0.2) is 52.9 Å². The largest absolute Gasteiger partial charge is 0.347 e. The summed E-state index contributed by atoms with van der Waals surface area (Å²) in [6, 6.07) is 8.87. The molecule has 144 valence electrons. The van der Waals surface area contributed by atoms with E-state index < -0.39 is 6.04 Å². The van der Waals surface area contributed by atoms with Gasteiger partial charge in [-0.3, -0.25) is 14.4 Å². The van der Waals surface area contributed by atoms with E-state index >= 15 is 0 Å². The lowest BCUT2D eigenvalue weighted by Crippen LogP contribution is -2.51. The molecule has 0 radical (unpaired) electrons. The SMILES string of the molecule is O=C(CNC(=O)[C@@H]1CC[C@@H]2CN1C(=O)N2OCc1ccccc1)C1CCC1. The van der Waals surface area contributed by atoms with Crippen LogP contribution in [0.1, 0.15) is 37.7 Å². The molecular weight excluding hydrogens is 346 g/mol. The Balaban J connectivity index is 1.31. The minimum atomic E-state index is -0.520. The van der Waals surface area contributed by atoms with Gasteiger partial charge in [0, 0.05) is 12.5 Å². The second-order valence-corrected chi connectivity index (χ2v) is 7.58. The van der Waals surface area contributed by atoms with Crippen LogP contribution >= 0.6 is 0 Å². The second-order valence-electron chi connectivity index (χ2n) is 7.58. The van der Waals surface area contributed by atoms with Crippen LogP contribution < -0.4 is 5.32 Å². The normalized spacial score (nSPS) is 24.7. The molecule has 7 heteroatoms. The number of hydroxylamine groups is 2. The molecule has 7 nitrogen and oxygen atoms in total. The molecule has 1 saturated carbocycles. The number of Topliss-reactive ketones (excluding diaryl/α,β-unsaturated/α-hetero) is 1. The molecular formula is C20H25N3O4. The lowest BCUT2D eigenvalue weighted by Gasteiger charge is -2.29. The number of amides is 3. The zero-order valence-corrected chi connectivity index (χ0v) is 15.3. The summed E-state index contributed by atoms with van der Waals surface area (Å²) in [5, 5.41) is 4.15. The number of benzene rings is 1. The van der Waals surface area contributed by atoms with Gasteiger partial charge in [-0.25, -0.2) is 4.79 Å². The van der Waals surface area contributed by atoms with Gasteiger partial charge in [0.25, 0.3) is 0 Å². The van der Waals surface area contributed by atoms with E-state index in [9.17, 15) is 14.4 Å². The van der Waals surface area contributed by atoms with Crippen molar-refractivity contribution in [3.63, 3.8) is 0 Å². The first-order valence-corrected chi connectivity index (χ1v) is 9.70. The van der Waals surface area contributed by atoms with Crippen LogP contribution in [0.4, 0.5) is 4.79 Å². The van der Waals surface area contributed by atoms with Crippen molar-refractivity contribution >= 4 is 17.7 Å². The van der Waals surface area contributed by atoms with Crippen molar-refractivity contribution in [1.29, 1.82) is 0 Å². The van der Waals surface area contributed by atoms with Gasteiger partial charge >= 0.3 is 6.03 Å². The molecule has 1 aromatic carbocycles. The third-order valence-corrected chi connectivity index (χ3v) is 5.84. The second kappa shape index (κ2) is 7.68. The molecule has 0 aromatic heterocycles. The van der Waals surface area contributed by atoms with Crippen LogP contribution in [0.3, 0.4) is 0 Å².